The smallest absolute Gasteiger partial charge is 0.258 e. The number of rotatable bonds is 7. The number of piperidine rings is 1. The molecule has 2 aromatic carbocycles. The van der Waals surface area contributed by atoms with Gasteiger partial charge in [0.2, 0.25) is 5.91 Å². The fourth-order valence-electron chi connectivity index (χ4n) is 3.91. The highest BCUT2D eigenvalue weighted by Gasteiger charge is 2.28. The number of likely N-dealkylation sites (tertiary alicyclic amines) is 1. The number of hydrogen-bond acceptors (Lipinski definition) is 4. The summed E-state index contributed by atoms with van der Waals surface area (Å²) in [5.74, 6) is -0.208. The predicted octanol–water partition coefficient (Wildman–Crippen LogP) is 2.73. The molecule has 1 aliphatic rings. The Hall–Kier alpha value is -2.70. The first-order chi connectivity index (χ1) is 14.5. The second kappa shape index (κ2) is 10.4. The minimum absolute atomic E-state index is 0.0172. The molecule has 160 valence electrons. The zero-order valence-corrected chi connectivity index (χ0v) is 18.0. The molecule has 3 rings (SSSR count). The Morgan fingerprint density at radius 2 is 1.90 bits per heavy atom. The van der Waals surface area contributed by atoms with Crippen molar-refractivity contribution < 1.29 is 9.59 Å². The zero-order chi connectivity index (χ0) is 21.5. The summed E-state index contributed by atoms with van der Waals surface area (Å²) in [4.78, 5) is 32.3. The molecule has 1 saturated heterocycles. The Morgan fingerprint density at radius 1 is 1.13 bits per heavy atom. The number of amides is 2. The van der Waals surface area contributed by atoms with Gasteiger partial charge in [-0.1, -0.05) is 37.3 Å². The lowest BCUT2D eigenvalue weighted by Gasteiger charge is -2.38. The SMILES string of the molecule is CCN(C)C1CCCN(C(=O)CN(C(=O)c2cccc(CN)c2)c2ccccc2)C1. The maximum Gasteiger partial charge on any atom is 0.258 e. The van der Waals surface area contributed by atoms with E-state index in [2.05, 4.69) is 18.9 Å². The van der Waals surface area contributed by atoms with Crippen molar-refractivity contribution >= 4 is 17.5 Å². The number of benzene rings is 2. The van der Waals surface area contributed by atoms with E-state index in [4.69, 9.17) is 5.73 Å². The van der Waals surface area contributed by atoms with Crippen LogP contribution in [0.2, 0.25) is 0 Å². The monoisotopic (exact) mass is 408 g/mol. The summed E-state index contributed by atoms with van der Waals surface area (Å²) in [5, 5.41) is 0. The number of nitrogens with zero attached hydrogens (tertiary/aromatic N) is 3. The van der Waals surface area contributed by atoms with Crippen molar-refractivity contribution in [1.29, 1.82) is 0 Å². The van der Waals surface area contributed by atoms with Crippen LogP contribution in [-0.2, 0) is 11.3 Å². The Bertz CT molecular complexity index is 855. The van der Waals surface area contributed by atoms with E-state index in [1.165, 1.54) is 0 Å². The van der Waals surface area contributed by atoms with Gasteiger partial charge >= 0.3 is 0 Å². The van der Waals surface area contributed by atoms with Crippen molar-refractivity contribution in [3.8, 4) is 0 Å². The minimum atomic E-state index is -0.191. The fourth-order valence-corrected chi connectivity index (χ4v) is 3.91. The summed E-state index contributed by atoms with van der Waals surface area (Å²) in [7, 11) is 2.10. The summed E-state index contributed by atoms with van der Waals surface area (Å²) in [6.07, 6.45) is 2.08. The van der Waals surface area contributed by atoms with Gasteiger partial charge in [-0.2, -0.15) is 0 Å². The van der Waals surface area contributed by atoms with E-state index >= 15 is 0 Å². The third-order valence-electron chi connectivity index (χ3n) is 5.89. The first-order valence-electron chi connectivity index (χ1n) is 10.7. The average Bonchev–Trinajstić information content (AvgIpc) is 2.82. The number of carbonyl (C=O) groups excluding carboxylic acids is 2. The zero-order valence-electron chi connectivity index (χ0n) is 18.0. The van der Waals surface area contributed by atoms with Gasteiger partial charge < -0.3 is 15.5 Å². The molecule has 1 atom stereocenters. The predicted molar refractivity (Wildman–Crippen MR) is 120 cm³/mol. The van der Waals surface area contributed by atoms with Gasteiger partial charge in [0.1, 0.15) is 6.54 Å². The molecule has 6 heteroatoms. The molecule has 1 heterocycles. The number of anilines is 1. The third kappa shape index (κ3) is 5.26. The van der Waals surface area contributed by atoms with Gasteiger partial charge in [0.25, 0.3) is 5.91 Å². The van der Waals surface area contributed by atoms with Gasteiger partial charge in [-0.15, -0.1) is 0 Å². The van der Waals surface area contributed by atoms with E-state index in [-0.39, 0.29) is 18.4 Å². The highest BCUT2D eigenvalue weighted by molar-refractivity contribution is 6.08. The Kier molecular flexibility index (Phi) is 7.60. The van der Waals surface area contributed by atoms with Gasteiger partial charge in [0.15, 0.2) is 0 Å². The Labute approximate surface area is 179 Å². The van der Waals surface area contributed by atoms with E-state index in [1.54, 1.807) is 17.0 Å². The lowest BCUT2D eigenvalue weighted by molar-refractivity contribution is -0.131. The highest BCUT2D eigenvalue weighted by Crippen LogP contribution is 2.20. The quantitative estimate of drug-likeness (QED) is 0.765. The molecule has 2 amide bonds. The van der Waals surface area contributed by atoms with E-state index < -0.39 is 0 Å². The van der Waals surface area contributed by atoms with Crippen LogP contribution in [0, 0.1) is 0 Å². The number of nitrogens with two attached hydrogens (primary N) is 1. The van der Waals surface area contributed by atoms with Crippen LogP contribution in [0.3, 0.4) is 0 Å². The van der Waals surface area contributed by atoms with Crippen molar-refractivity contribution in [2.24, 2.45) is 5.73 Å². The molecular formula is C24H32N4O2. The van der Waals surface area contributed by atoms with Crippen LogP contribution in [0.1, 0.15) is 35.7 Å². The minimum Gasteiger partial charge on any atom is -0.340 e. The first kappa shape index (κ1) is 22.0. The molecule has 1 unspecified atom stereocenters. The standard InChI is InChI=1S/C24H32N4O2/c1-3-26(2)22-13-8-14-27(17-22)23(29)18-28(21-11-5-4-6-12-21)24(30)20-10-7-9-19(15-20)16-25/h4-7,9-12,15,22H,3,8,13-14,16-18,25H2,1-2H3. The van der Waals surface area contributed by atoms with E-state index in [1.807, 2.05) is 47.4 Å². The van der Waals surface area contributed by atoms with Gasteiger partial charge in [-0.25, -0.2) is 0 Å². The Morgan fingerprint density at radius 3 is 2.60 bits per heavy atom. The van der Waals surface area contributed by atoms with Gasteiger partial charge in [-0.3, -0.25) is 14.5 Å². The molecule has 0 bridgehead atoms. The lowest BCUT2D eigenvalue weighted by Crippen LogP contribution is -2.51. The van der Waals surface area contributed by atoms with Crippen LogP contribution >= 0.6 is 0 Å². The molecule has 0 spiro atoms. The third-order valence-corrected chi connectivity index (χ3v) is 5.89. The Balaban J connectivity index is 1.81. The molecule has 1 aliphatic heterocycles. The first-order valence-corrected chi connectivity index (χ1v) is 10.7. The van der Waals surface area contributed by atoms with Crippen LogP contribution < -0.4 is 10.6 Å². The molecule has 2 N–H and O–H groups in total. The summed E-state index contributed by atoms with van der Waals surface area (Å²) in [6, 6.07) is 17.1. The molecule has 1 fully saturated rings. The summed E-state index contributed by atoms with van der Waals surface area (Å²) in [5.41, 5.74) is 7.89. The van der Waals surface area contributed by atoms with Crippen LogP contribution in [-0.4, -0.2) is 60.9 Å². The van der Waals surface area contributed by atoms with Crippen molar-refractivity contribution in [3.63, 3.8) is 0 Å². The summed E-state index contributed by atoms with van der Waals surface area (Å²) in [6.45, 7) is 4.93. The van der Waals surface area contributed by atoms with Gasteiger partial charge in [0, 0.05) is 36.9 Å². The van der Waals surface area contributed by atoms with Crippen LogP contribution in [0.25, 0.3) is 0 Å². The molecule has 0 aromatic heterocycles. The molecule has 0 saturated carbocycles. The largest absolute Gasteiger partial charge is 0.340 e. The second-order valence-corrected chi connectivity index (χ2v) is 7.84. The molecule has 0 aliphatic carbocycles. The summed E-state index contributed by atoms with van der Waals surface area (Å²) < 4.78 is 0. The number of hydrogen-bond donors (Lipinski definition) is 1. The molecule has 2 aromatic rings. The number of para-hydroxylation sites is 1. The highest BCUT2D eigenvalue weighted by atomic mass is 16.2. The lowest BCUT2D eigenvalue weighted by atomic mass is 10.0. The van der Waals surface area contributed by atoms with E-state index in [0.29, 0.717) is 30.4 Å². The van der Waals surface area contributed by atoms with Crippen LogP contribution in [0.4, 0.5) is 5.69 Å². The molecular weight excluding hydrogens is 376 g/mol. The average molecular weight is 409 g/mol. The second-order valence-electron chi connectivity index (χ2n) is 7.84. The van der Waals surface area contributed by atoms with Crippen LogP contribution in [0.15, 0.2) is 54.6 Å². The molecule has 30 heavy (non-hydrogen) atoms. The van der Waals surface area contributed by atoms with Crippen LogP contribution in [0.5, 0.6) is 0 Å². The normalized spacial score (nSPS) is 16.5. The van der Waals surface area contributed by atoms with Gasteiger partial charge in [0.05, 0.1) is 0 Å². The number of likely N-dealkylation sites (N-methyl/N-ethyl adjacent to an activating group) is 1. The topological polar surface area (TPSA) is 69.9 Å². The van der Waals surface area contributed by atoms with Crippen molar-refractivity contribution in [2.75, 3.05) is 38.1 Å². The summed E-state index contributed by atoms with van der Waals surface area (Å²) >= 11 is 0. The van der Waals surface area contributed by atoms with Crippen molar-refractivity contribution in [3.05, 3.63) is 65.7 Å². The maximum atomic E-state index is 13.4. The van der Waals surface area contributed by atoms with Gasteiger partial charge in [-0.05, 0) is 56.3 Å². The van der Waals surface area contributed by atoms with E-state index in [9.17, 15) is 9.59 Å². The van der Waals surface area contributed by atoms with E-state index in [0.717, 1.165) is 31.5 Å². The maximum absolute atomic E-state index is 13.4. The van der Waals surface area contributed by atoms with Crippen molar-refractivity contribution in [1.82, 2.24) is 9.80 Å². The van der Waals surface area contributed by atoms with Crippen molar-refractivity contribution in [2.45, 2.75) is 32.4 Å². The number of carbonyl (C=O) groups is 2. The fraction of sp³-hybridized carbons (Fsp3) is 0.417. The molecule has 6 nitrogen and oxygen atoms in total. The molecule has 0 radical (unpaired) electrons.